The molecule has 0 atom stereocenters. The quantitative estimate of drug-likeness (QED) is 0.777. The lowest BCUT2D eigenvalue weighted by atomic mass is 10.2. The normalized spacial score (nSPS) is 9.86. The van der Waals surface area contributed by atoms with Crippen molar-refractivity contribution in [1.82, 2.24) is 0 Å². The van der Waals surface area contributed by atoms with Gasteiger partial charge in [0.2, 0.25) is 0 Å². The Morgan fingerprint density at radius 3 is 2.86 bits per heavy atom. The van der Waals surface area contributed by atoms with E-state index in [1.807, 2.05) is 25.3 Å². The molecule has 1 aromatic carbocycles. The summed E-state index contributed by atoms with van der Waals surface area (Å²) >= 11 is 1.54. The van der Waals surface area contributed by atoms with Gasteiger partial charge in [-0.2, -0.15) is 0 Å². The lowest BCUT2D eigenvalue weighted by Crippen LogP contribution is -2.09. The molecule has 14 heavy (non-hydrogen) atoms. The zero-order valence-corrected chi connectivity index (χ0v) is 8.93. The fourth-order valence-corrected chi connectivity index (χ4v) is 1.67. The van der Waals surface area contributed by atoms with Crippen molar-refractivity contribution in [3.8, 4) is 5.75 Å². The Labute approximate surface area is 87.1 Å². The molecule has 1 N–H and O–H groups in total. The molecule has 0 aliphatic rings. The minimum absolute atomic E-state index is 0.295. The van der Waals surface area contributed by atoms with Crippen LogP contribution in [0.3, 0.4) is 0 Å². The zero-order chi connectivity index (χ0) is 10.6. The Morgan fingerprint density at radius 1 is 1.57 bits per heavy atom. The van der Waals surface area contributed by atoms with Crippen LogP contribution < -0.4 is 4.74 Å². The molecule has 0 spiro atoms. The summed E-state index contributed by atoms with van der Waals surface area (Å²) in [5.74, 6) is -0.330. The number of rotatable bonds is 4. The minimum Gasteiger partial charge on any atom is -0.481 e. The molecule has 1 rings (SSSR count). The predicted octanol–water partition coefficient (Wildman–Crippen LogP) is 2.18. The Morgan fingerprint density at radius 2 is 2.29 bits per heavy atom. The third-order valence-electron chi connectivity index (χ3n) is 1.67. The molecule has 76 valence electrons. The highest BCUT2D eigenvalue weighted by Crippen LogP contribution is 2.28. The highest BCUT2D eigenvalue weighted by Gasteiger charge is 2.04. The summed E-state index contributed by atoms with van der Waals surface area (Å²) in [6.45, 7) is 1.69. The molecule has 0 unspecified atom stereocenters. The third-order valence-corrected chi connectivity index (χ3v) is 2.43. The van der Waals surface area contributed by atoms with Crippen molar-refractivity contribution in [1.29, 1.82) is 0 Å². The van der Waals surface area contributed by atoms with Crippen LogP contribution in [-0.4, -0.2) is 23.9 Å². The van der Waals surface area contributed by atoms with Gasteiger partial charge < -0.3 is 9.84 Å². The smallest absolute Gasteiger partial charge is 0.341 e. The van der Waals surface area contributed by atoms with Gasteiger partial charge in [-0.3, -0.25) is 0 Å². The summed E-state index contributed by atoms with van der Waals surface area (Å²) in [7, 11) is 0. The molecule has 0 bridgehead atoms. The maximum absolute atomic E-state index is 10.3. The molecule has 0 heterocycles. The van der Waals surface area contributed by atoms with Gasteiger partial charge in [-0.1, -0.05) is 6.07 Å². The van der Waals surface area contributed by atoms with Crippen LogP contribution >= 0.6 is 11.8 Å². The second kappa shape index (κ2) is 4.91. The summed E-state index contributed by atoms with van der Waals surface area (Å²) < 4.78 is 5.12. The van der Waals surface area contributed by atoms with E-state index in [0.717, 1.165) is 10.5 Å². The first kappa shape index (κ1) is 10.9. The summed E-state index contributed by atoms with van der Waals surface area (Å²) in [6.07, 6.45) is 1.93. The topological polar surface area (TPSA) is 46.5 Å². The fraction of sp³-hybridized carbons (Fsp3) is 0.300. The largest absolute Gasteiger partial charge is 0.481 e. The number of thioether (sulfide) groups is 1. The fourth-order valence-electron chi connectivity index (χ4n) is 1.03. The van der Waals surface area contributed by atoms with Crippen molar-refractivity contribution in [3.63, 3.8) is 0 Å². The van der Waals surface area contributed by atoms with Crippen molar-refractivity contribution >= 4 is 17.7 Å². The number of benzene rings is 1. The summed E-state index contributed by atoms with van der Waals surface area (Å²) in [5.41, 5.74) is 1.14. The second-order valence-corrected chi connectivity index (χ2v) is 3.68. The number of hydrogen-bond acceptors (Lipinski definition) is 3. The van der Waals surface area contributed by atoms with Gasteiger partial charge >= 0.3 is 5.97 Å². The highest BCUT2D eigenvalue weighted by atomic mass is 32.2. The minimum atomic E-state index is -0.961. The SMILES string of the molecule is CSc1cc(C)ccc1OCC(=O)O. The van der Waals surface area contributed by atoms with Crippen LogP contribution in [-0.2, 0) is 4.79 Å². The van der Waals surface area contributed by atoms with Gasteiger partial charge in [-0.25, -0.2) is 4.79 Å². The van der Waals surface area contributed by atoms with E-state index in [1.54, 1.807) is 17.8 Å². The van der Waals surface area contributed by atoms with Crippen LogP contribution in [0.4, 0.5) is 0 Å². The van der Waals surface area contributed by atoms with Gasteiger partial charge in [-0.05, 0) is 30.9 Å². The van der Waals surface area contributed by atoms with Crippen molar-refractivity contribution in [2.45, 2.75) is 11.8 Å². The van der Waals surface area contributed by atoms with Gasteiger partial charge in [0, 0.05) is 4.90 Å². The molecule has 0 fully saturated rings. The summed E-state index contributed by atoms with van der Waals surface area (Å²) in [4.78, 5) is 11.3. The standard InChI is InChI=1S/C10H12O3S/c1-7-3-4-8(9(5-7)14-2)13-6-10(11)12/h3-5H,6H2,1-2H3,(H,11,12). The van der Waals surface area contributed by atoms with E-state index >= 15 is 0 Å². The third kappa shape index (κ3) is 2.96. The predicted molar refractivity (Wildman–Crippen MR) is 56.1 cm³/mol. The van der Waals surface area contributed by atoms with E-state index < -0.39 is 5.97 Å². The molecule has 0 saturated carbocycles. The van der Waals surface area contributed by atoms with Crippen LogP contribution in [0.25, 0.3) is 0 Å². The van der Waals surface area contributed by atoms with E-state index in [0.29, 0.717) is 5.75 Å². The maximum Gasteiger partial charge on any atom is 0.341 e. The molecule has 0 aliphatic heterocycles. The van der Waals surface area contributed by atoms with Crippen molar-refractivity contribution in [2.24, 2.45) is 0 Å². The number of aryl methyl sites for hydroxylation is 1. The molecule has 0 amide bonds. The van der Waals surface area contributed by atoms with Gasteiger partial charge in [-0.15, -0.1) is 11.8 Å². The first-order chi connectivity index (χ1) is 6.63. The molecular weight excluding hydrogens is 200 g/mol. The van der Waals surface area contributed by atoms with Crippen molar-refractivity contribution in [3.05, 3.63) is 23.8 Å². The summed E-state index contributed by atoms with van der Waals surface area (Å²) in [6, 6.07) is 5.67. The van der Waals surface area contributed by atoms with E-state index in [9.17, 15) is 4.79 Å². The lowest BCUT2D eigenvalue weighted by Gasteiger charge is -2.08. The van der Waals surface area contributed by atoms with E-state index in [4.69, 9.17) is 9.84 Å². The van der Waals surface area contributed by atoms with Crippen LogP contribution in [0.2, 0.25) is 0 Å². The van der Waals surface area contributed by atoms with Gasteiger partial charge in [0.25, 0.3) is 0 Å². The average molecular weight is 212 g/mol. The van der Waals surface area contributed by atoms with Crippen LogP contribution in [0, 0.1) is 6.92 Å². The number of carboxylic acids is 1. The Kier molecular flexibility index (Phi) is 3.83. The van der Waals surface area contributed by atoms with E-state index in [2.05, 4.69) is 0 Å². The number of carbonyl (C=O) groups is 1. The Hall–Kier alpha value is -1.16. The molecule has 1 aromatic rings. The number of ether oxygens (including phenoxy) is 1. The van der Waals surface area contributed by atoms with Gasteiger partial charge in [0.1, 0.15) is 5.75 Å². The van der Waals surface area contributed by atoms with E-state index in [1.165, 1.54) is 0 Å². The number of aliphatic carboxylic acids is 1. The molecule has 0 aliphatic carbocycles. The zero-order valence-electron chi connectivity index (χ0n) is 8.11. The molecule has 0 radical (unpaired) electrons. The molecule has 4 heteroatoms. The van der Waals surface area contributed by atoms with Crippen LogP contribution in [0.15, 0.2) is 23.1 Å². The summed E-state index contributed by atoms with van der Waals surface area (Å²) in [5, 5.41) is 8.46. The highest BCUT2D eigenvalue weighted by molar-refractivity contribution is 7.98. The van der Waals surface area contributed by atoms with Gasteiger partial charge in [0.15, 0.2) is 6.61 Å². The average Bonchev–Trinajstić information content (AvgIpc) is 2.15. The second-order valence-electron chi connectivity index (χ2n) is 2.84. The Balaban J connectivity index is 2.80. The first-order valence-electron chi connectivity index (χ1n) is 4.12. The molecule has 0 aromatic heterocycles. The van der Waals surface area contributed by atoms with Crippen molar-refractivity contribution < 1.29 is 14.6 Å². The number of carboxylic acid groups (broad SMARTS) is 1. The molecule has 3 nitrogen and oxygen atoms in total. The van der Waals surface area contributed by atoms with E-state index in [-0.39, 0.29) is 6.61 Å². The monoisotopic (exact) mass is 212 g/mol. The van der Waals surface area contributed by atoms with Gasteiger partial charge in [0.05, 0.1) is 0 Å². The molecule has 0 saturated heterocycles. The maximum atomic E-state index is 10.3. The first-order valence-corrected chi connectivity index (χ1v) is 5.35. The lowest BCUT2D eigenvalue weighted by molar-refractivity contribution is -0.139. The van der Waals surface area contributed by atoms with Crippen LogP contribution in [0.1, 0.15) is 5.56 Å². The molecular formula is C10H12O3S. The number of hydrogen-bond donors (Lipinski definition) is 1. The van der Waals surface area contributed by atoms with Crippen LogP contribution in [0.5, 0.6) is 5.75 Å². The van der Waals surface area contributed by atoms with Crippen molar-refractivity contribution in [2.75, 3.05) is 12.9 Å². The Bertz CT molecular complexity index is 336.